The van der Waals surface area contributed by atoms with Crippen LogP contribution < -0.4 is 4.90 Å². The molecule has 1 saturated heterocycles. The van der Waals surface area contributed by atoms with Crippen molar-refractivity contribution >= 4 is 34.0 Å². The molecular formula is C18H19N3O2S. The summed E-state index contributed by atoms with van der Waals surface area (Å²) in [6.45, 7) is 4.64. The summed E-state index contributed by atoms with van der Waals surface area (Å²) in [6.07, 6.45) is -0.830. The molecule has 3 heterocycles. The molecule has 1 aromatic carbocycles. The standard InChI is InChI=1S/C18H19N3O2S/c1-12-16(15-6-3-11-24-15)13-4-2-5-14(17(13)19-12)20-7-9-21(10-8-20)18(22)23/h2-6,11,19H,7-10H2,1H3,(H,22,23). The van der Waals surface area contributed by atoms with Gasteiger partial charge in [-0.05, 0) is 24.4 Å². The topological polar surface area (TPSA) is 59.6 Å². The van der Waals surface area contributed by atoms with E-state index in [0.29, 0.717) is 13.1 Å². The summed E-state index contributed by atoms with van der Waals surface area (Å²) in [4.78, 5) is 19.7. The van der Waals surface area contributed by atoms with E-state index in [9.17, 15) is 4.79 Å². The minimum absolute atomic E-state index is 0.545. The van der Waals surface area contributed by atoms with Gasteiger partial charge < -0.3 is 19.9 Å². The van der Waals surface area contributed by atoms with E-state index >= 15 is 0 Å². The number of rotatable bonds is 2. The van der Waals surface area contributed by atoms with Crippen molar-refractivity contribution in [2.24, 2.45) is 0 Å². The summed E-state index contributed by atoms with van der Waals surface area (Å²) in [5, 5.41) is 12.4. The summed E-state index contributed by atoms with van der Waals surface area (Å²) in [5.41, 5.74) is 4.74. The molecule has 24 heavy (non-hydrogen) atoms. The Labute approximate surface area is 144 Å². The van der Waals surface area contributed by atoms with Crippen LogP contribution in [0.3, 0.4) is 0 Å². The van der Waals surface area contributed by atoms with Crippen LogP contribution in [0.2, 0.25) is 0 Å². The van der Waals surface area contributed by atoms with E-state index in [-0.39, 0.29) is 0 Å². The Morgan fingerprint density at radius 2 is 1.96 bits per heavy atom. The first-order valence-corrected chi connectivity index (χ1v) is 8.91. The number of amides is 1. The normalized spacial score (nSPS) is 15.2. The molecule has 0 saturated carbocycles. The number of H-pyrrole nitrogens is 1. The molecule has 3 aromatic rings. The van der Waals surface area contributed by atoms with Gasteiger partial charge in [0.2, 0.25) is 0 Å². The maximum absolute atomic E-state index is 11.1. The predicted octanol–water partition coefficient (Wildman–Crippen LogP) is 4.00. The Kier molecular flexibility index (Phi) is 3.69. The molecule has 0 unspecified atom stereocenters. The van der Waals surface area contributed by atoms with Crippen LogP contribution >= 0.6 is 11.3 Å². The van der Waals surface area contributed by atoms with Crippen LogP contribution in [-0.4, -0.2) is 47.3 Å². The smallest absolute Gasteiger partial charge is 0.407 e. The predicted molar refractivity (Wildman–Crippen MR) is 98.2 cm³/mol. The van der Waals surface area contributed by atoms with Crippen molar-refractivity contribution in [2.75, 3.05) is 31.1 Å². The number of nitrogens with one attached hydrogen (secondary N) is 1. The lowest BCUT2D eigenvalue weighted by Gasteiger charge is -2.34. The molecule has 4 rings (SSSR count). The molecular weight excluding hydrogens is 322 g/mol. The van der Waals surface area contributed by atoms with Gasteiger partial charge in [-0.3, -0.25) is 0 Å². The molecule has 0 spiro atoms. The fourth-order valence-electron chi connectivity index (χ4n) is 3.47. The first-order chi connectivity index (χ1) is 11.6. The zero-order valence-corrected chi connectivity index (χ0v) is 14.3. The first-order valence-electron chi connectivity index (χ1n) is 8.03. The highest BCUT2D eigenvalue weighted by Crippen LogP contribution is 2.38. The fraction of sp³-hybridized carbons (Fsp3) is 0.278. The number of hydrogen-bond donors (Lipinski definition) is 2. The molecule has 2 aromatic heterocycles. The molecule has 0 atom stereocenters. The Balaban J connectivity index is 1.73. The van der Waals surface area contributed by atoms with Gasteiger partial charge in [-0.15, -0.1) is 11.3 Å². The Morgan fingerprint density at radius 1 is 1.17 bits per heavy atom. The van der Waals surface area contributed by atoms with Crippen LogP contribution in [0.5, 0.6) is 0 Å². The molecule has 124 valence electrons. The minimum Gasteiger partial charge on any atom is -0.465 e. The maximum atomic E-state index is 11.1. The number of aromatic nitrogens is 1. The van der Waals surface area contributed by atoms with Gasteiger partial charge in [0.05, 0.1) is 11.2 Å². The number of thiophene rings is 1. The Bertz CT molecular complexity index is 877. The molecule has 1 aliphatic heterocycles. The highest BCUT2D eigenvalue weighted by atomic mass is 32.1. The van der Waals surface area contributed by atoms with E-state index in [2.05, 4.69) is 52.5 Å². The van der Waals surface area contributed by atoms with Crippen molar-refractivity contribution in [3.63, 3.8) is 0 Å². The molecule has 0 bridgehead atoms. The number of para-hydroxylation sites is 1. The third-order valence-electron chi connectivity index (χ3n) is 4.66. The quantitative estimate of drug-likeness (QED) is 0.740. The summed E-state index contributed by atoms with van der Waals surface area (Å²) in [5.74, 6) is 0. The number of aromatic amines is 1. The van der Waals surface area contributed by atoms with Crippen LogP contribution in [0.25, 0.3) is 21.3 Å². The van der Waals surface area contributed by atoms with Crippen molar-refractivity contribution in [3.05, 3.63) is 41.4 Å². The summed E-state index contributed by atoms with van der Waals surface area (Å²) >= 11 is 1.75. The second kappa shape index (κ2) is 5.87. The van der Waals surface area contributed by atoms with Crippen LogP contribution in [0, 0.1) is 6.92 Å². The van der Waals surface area contributed by atoms with Gasteiger partial charge in [0.1, 0.15) is 0 Å². The lowest BCUT2D eigenvalue weighted by molar-refractivity contribution is 0.142. The van der Waals surface area contributed by atoms with E-state index in [0.717, 1.165) is 24.3 Å². The number of carboxylic acid groups (broad SMARTS) is 1. The van der Waals surface area contributed by atoms with Crippen molar-refractivity contribution in [1.82, 2.24) is 9.88 Å². The molecule has 1 aliphatic rings. The van der Waals surface area contributed by atoms with Crippen molar-refractivity contribution in [2.45, 2.75) is 6.92 Å². The van der Waals surface area contributed by atoms with E-state index in [4.69, 9.17) is 5.11 Å². The number of piperazine rings is 1. The zero-order valence-electron chi connectivity index (χ0n) is 13.5. The second-order valence-corrected chi connectivity index (χ2v) is 7.01. The van der Waals surface area contributed by atoms with Gasteiger partial charge >= 0.3 is 6.09 Å². The third-order valence-corrected chi connectivity index (χ3v) is 5.55. The molecule has 5 nitrogen and oxygen atoms in total. The number of fused-ring (bicyclic) bond motifs is 1. The number of hydrogen-bond acceptors (Lipinski definition) is 3. The van der Waals surface area contributed by atoms with Crippen molar-refractivity contribution < 1.29 is 9.90 Å². The number of aryl methyl sites for hydroxylation is 1. The van der Waals surface area contributed by atoms with Crippen LogP contribution in [0.4, 0.5) is 10.5 Å². The van der Waals surface area contributed by atoms with E-state index in [1.807, 2.05) is 0 Å². The van der Waals surface area contributed by atoms with Crippen molar-refractivity contribution in [1.29, 1.82) is 0 Å². The fourth-order valence-corrected chi connectivity index (χ4v) is 4.31. The van der Waals surface area contributed by atoms with Crippen LogP contribution in [0.1, 0.15) is 5.69 Å². The highest BCUT2D eigenvalue weighted by Gasteiger charge is 2.23. The first kappa shape index (κ1) is 15.1. The van der Waals surface area contributed by atoms with Gasteiger partial charge in [0, 0.05) is 47.7 Å². The lowest BCUT2D eigenvalue weighted by Crippen LogP contribution is -2.48. The Morgan fingerprint density at radius 3 is 2.62 bits per heavy atom. The minimum atomic E-state index is -0.830. The average Bonchev–Trinajstić information content (AvgIpc) is 3.21. The van der Waals surface area contributed by atoms with Gasteiger partial charge in [0.15, 0.2) is 0 Å². The van der Waals surface area contributed by atoms with Gasteiger partial charge in [-0.2, -0.15) is 0 Å². The van der Waals surface area contributed by atoms with Gasteiger partial charge in [-0.1, -0.05) is 18.2 Å². The lowest BCUT2D eigenvalue weighted by atomic mass is 10.1. The molecule has 6 heteroatoms. The van der Waals surface area contributed by atoms with E-state index in [1.54, 1.807) is 11.3 Å². The average molecular weight is 341 g/mol. The zero-order chi connectivity index (χ0) is 16.7. The van der Waals surface area contributed by atoms with Gasteiger partial charge in [0.25, 0.3) is 0 Å². The maximum Gasteiger partial charge on any atom is 0.407 e. The number of benzene rings is 1. The largest absolute Gasteiger partial charge is 0.465 e. The number of carbonyl (C=O) groups is 1. The van der Waals surface area contributed by atoms with Crippen LogP contribution in [0.15, 0.2) is 35.7 Å². The second-order valence-electron chi connectivity index (χ2n) is 6.06. The summed E-state index contributed by atoms with van der Waals surface area (Å²) < 4.78 is 0. The van der Waals surface area contributed by atoms with Crippen molar-refractivity contribution in [3.8, 4) is 10.4 Å². The number of nitrogens with zero attached hydrogens (tertiary/aromatic N) is 2. The Hall–Kier alpha value is -2.47. The highest BCUT2D eigenvalue weighted by molar-refractivity contribution is 7.13. The third kappa shape index (κ3) is 2.43. The number of anilines is 1. The van der Waals surface area contributed by atoms with E-state index in [1.165, 1.54) is 26.4 Å². The monoisotopic (exact) mass is 341 g/mol. The molecule has 0 radical (unpaired) electrons. The van der Waals surface area contributed by atoms with E-state index < -0.39 is 6.09 Å². The molecule has 0 aliphatic carbocycles. The van der Waals surface area contributed by atoms with Gasteiger partial charge in [-0.25, -0.2) is 4.79 Å². The summed E-state index contributed by atoms with van der Waals surface area (Å²) in [7, 11) is 0. The molecule has 1 amide bonds. The summed E-state index contributed by atoms with van der Waals surface area (Å²) in [6, 6.07) is 10.6. The molecule has 2 N–H and O–H groups in total. The molecule has 1 fully saturated rings. The van der Waals surface area contributed by atoms with Crippen LogP contribution in [-0.2, 0) is 0 Å². The SMILES string of the molecule is Cc1[nH]c2c(N3CCN(C(=O)O)CC3)cccc2c1-c1cccs1.